The van der Waals surface area contributed by atoms with Crippen LogP contribution in [-0.2, 0) is 19.1 Å². The molecule has 1 aliphatic rings. The summed E-state index contributed by atoms with van der Waals surface area (Å²) < 4.78 is 11.1. The van der Waals surface area contributed by atoms with Gasteiger partial charge >= 0.3 is 11.9 Å². The lowest BCUT2D eigenvalue weighted by Crippen LogP contribution is -2.30. The fourth-order valence-electron chi connectivity index (χ4n) is 4.80. The van der Waals surface area contributed by atoms with E-state index >= 15 is 0 Å². The molecule has 0 aromatic carbocycles. The molecule has 0 heterocycles. The van der Waals surface area contributed by atoms with Gasteiger partial charge in [-0.25, -0.2) is 0 Å². The van der Waals surface area contributed by atoms with Crippen molar-refractivity contribution in [2.75, 3.05) is 13.2 Å². The maximum atomic E-state index is 12.5. The second-order valence-corrected chi connectivity index (χ2v) is 10.7. The molecule has 2 unspecified atom stereocenters. The van der Waals surface area contributed by atoms with Crippen molar-refractivity contribution in [2.45, 2.75) is 143 Å². The zero-order valence-electron chi connectivity index (χ0n) is 22.2. The highest BCUT2D eigenvalue weighted by Crippen LogP contribution is 2.31. The van der Waals surface area contributed by atoms with Crippen LogP contribution in [0, 0.1) is 17.8 Å². The number of carbonyl (C=O) groups is 2. The number of ether oxygens (including phenoxy) is 2. The molecule has 1 fully saturated rings. The van der Waals surface area contributed by atoms with Gasteiger partial charge in [0.2, 0.25) is 0 Å². The van der Waals surface area contributed by atoms with Gasteiger partial charge in [0.15, 0.2) is 0 Å². The summed E-state index contributed by atoms with van der Waals surface area (Å²) >= 11 is 0. The van der Waals surface area contributed by atoms with Crippen molar-refractivity contribution >= 4 is 11.9 Å². The van der Waals surface area contributed by atoms with E-state index < -0.39 is 0 Å². The van der Waals surface area contributed by atoms with E-state index in [-0.39, 0.29) is 23.8 Å². The SMILES string of the molecule is CCCCCCCCCCCCOC(=O)C1CCCC(C(=O)OCCCCCCC(C)C)C1. The summed E-state index contributed by atoms with van der Waals surface area (Å²) in [6, 6.07) is 0. The average Bonchev–Trinajstić information content (AvgIpc) is 2.81. The van der Waals surface area contributed by atoms with Gasteiger partial charge in [-0.15, -0.1) is 0 Å². The maximum absolute atomic E-state index is 12.5. The second-order valence-electron chi connectivity index (χ2n) is 10.7. The van der Waals surface area contributed by atoms with Crippen molar-refractivity contribution in [1.82, 2.24) is 0 Å². The number of unbranched alkanes of at least 4 members (excludes halogenated alkanes) is 12. The lowest BCUT2D eigenvalue weighted by molar-refractivity contribution is -0.155. The van der Waals surface area contributed by atoms with E-state index in [2.05, 4.69) is 20.8 Å². The minimum Gasteiger partial charge on any atom is -0.465 e. The largest absolute Gasteiger partial charge is 0.465 e. The highest BCUT2D eigenvalue weighted by Gasteiger charge is 2.32. The van der Waals surface area contributed by atoms with Crippen LogP contribution in [0.2, 0.25) is 0 Å². The van der Waals surface area contributed by atoms with Crippen molar-refractivity contribution in [2.24, 2.45) is 17.8 Å². The summed E-state index contributed by atoms with van der Waals surface area (Å²) in [6.07, 6.45) is 21.8. The van der Waals surface area contributed by atoms with Crippen LogP contribution in [-0.4, -0.2) is 25.2 Å². The molecular weight excluding hydrogens is 412 g/mol. The molecule has 0 amide bonds. The molecule has 0 saturated heterocycles. The second kappa shape index (κ2) is 20.3. The van der Waals surface area contributed by atoms with Crippen molar-refractivity contribution in [1.29, 1.82) is 0 Å². The molecule has 4 heteroatoms. The molecule has 0 aromatic heterocycles. The highest BCUT2D eigenvalue weighted by molar-refractivity contribution is 5.76. The Bertz CT molecular complexity index is 488. The van der Waals surface area contributed by atoms with Gasteiger partial charge in [0, 0.05) is 0 Å². The van der Waals surface area contributed by atoms with Gasteiger partial charge in [-0.3, -0.25) is 9.59 Å². The average molecular weight is 467 g/mol. The van der Waals surface area contributed by atoms with Gasteiger partial charge in [0.05, 0.1) is 25.0 Å². The van der Waals surface area contributed by atoms with Crippen LogP contribution < -0.4 is 0 Å². The van der Waals surface area contributed by atoms with Crippen LogP contribution in [0.15, 0.2) is 0 Å². The molecule has 1 rings (SSSR count). The number of hydrogen-bond acceptors (Lipinski definition) is 4. The van der Waals surface area contributed by atoms with Crippen LogP contribution >= 0.6 is 0 Å². The third-order valence-electron chi connectivity index (χ3n) is 7.00. The van der Waals surface area contributed by atoms with Crippen molar-refractivity contribution in [3.05, 3.63) is 0 Å². The minimum atomic E-state index is -0.130. The Hall–Kier alpha value is -1.06. The summed E-state index contributed by atoms with van der Waals surface area (Å²) in [6.45, 7) is 7.81. The molecule has 0 bridgehead atoms. The molecule has 0 radical (unpaired) electrons. The Morgan fingerprint density at radius 3 is 1.55 bits per heavy atom. The van der Waals surface area contributed by atoms with Crippen molar-refractivity contribution < 1.29 is 19.1 Å². The van der Waals surface area contributed by atoms with Gasteiger partial charge in [0.1, 0.15) is 0 Å². The summed E-state index contributed by atoms with van der Waals surface area (Å²) in [5, 5.41) is 0. The Balaban J connectivity index is 2.04. The quantitative estimate of drug-likeness (QED) is 0.133. The first-order chi connectivity index (χ1) is 16.0. The van der Waals surface area contributed by atoms with Gasteiger partial charge < -0.3 is 9.47 Å². The zero-order chi connectivity index (χ0) is 24.2. The minimum absolute atomic E-state index is 0.103. The molecule has 1 aliphatic carbocycles. The van der Waals surface area contributed by atoms with E-state index in [9.17, 15) is 9.59 Å². The van der Waals surface area contributed by atoms with E-state index in [1.807, 2.05) is 0 Å². The van der Waals surface area contributed by atoms with Crippen LogP contribution in [0.5, 0.6) is 0 Å². The first-order valence-corrected chi connectivity index (χ1v) is 14.4. The van der Waals surface area contributed by atoms with Gasteiger partial charge in [-0.2, -0.15) is 0 Å². The number of esters is 2. The monoisotopic (exact) mass is 466 g/mol. The molecule has 2 atom stereocenters. The molecular formula is C29H54O4. The maximum Gasteiger partial charge on any atom is 0.308 e. The van der Waals surface area contributed by atoms with Gasteiger partial charge in [-0.1, -0.05) is 111 Å². The van der Waals surface area contributed by atoms with E-state index in [0.717, 1.165) is 50.9 Å². The first-order valence-electron chi connectivity index (χ1n) is 14.4. The smallest absolute Gasteiger partial charge is 0.308 e. The molecule has 0 N–H and O–H groups in total. The Labute approximate surface area is 205 Å². The predicted molar refractivity (Wildman–Crippen MR) is 137 cm³/mol. The fraction of sp³-hybridized carbons (Fsp3) is 0.931. The lowest BCUT2D eigenvalue weighted by Gasteiger charge is -2.26. The fourth-order valence-corrected chi connectivity index (χ4v) is 4.80. The van der Waals surface area contributed by atoms with Gasteiger partial charge in [-0.05, 0) is 38.0 Å². The van der Waals surface area contributed by atoms with Gasteiger partial charge in [0.25, 0.3) is 0 Å². The predicted octanol–water partition coefficient (Wildman–Crippen LogP) is 8.41. The molecule has 0 aromatic rings. The number of hydrogen-bond donors (Lipinski definition) is 0. The summed E-state index contributed by atoms with van der Waals surface area (Å²) in [4.78, 5) is 24.9. The first kappa shape index (κ1) is 30.0. The van der Waals surface area contributed by atoms with Crippen LogP contribution in [0.1, 0.15) is 143 Å². The number of rotatable bonds is 20. The highest BCUT2D eigenvalue weighted by atomic mass is 16.5. The Morgan fingerprint density at radius 1 is 0.667 bits per heavy atom. The molecule has 33 heavy (non-hydrogen) atoms. The van der Waals surface area contributed by atoms with E-state index in [0.29, 0.717) is 19.6 Å². The summed E-state index contributed by atoms with van der Waals surface area (Å²) in [5.74, 6) is 0.298. The normalized spacial score (nSPS) is 18.4. The topological polar surface area (TPSA) is 52.6 Å². The molecule has 1 saturated carbocycles. The third-order valence-corrected chi connectivity index (χ3v) is 7.00. The summed E-state index contributed by atoms with van der Waals surface area (Å²) in [7, 11) is 0. The van der Waals surface area contributed by atoms with Crippen molar-refractivity contribution in [3.63, 3.8) is 0 Å². The van der Waals surface area contributed by atoms with E-state index in [1.54, 1.807) is 0 Å². The molecule has 0 aliphatic heterocycles. The van der Waals surface area contributed by atoms with Crippen LogP contribution in [0.25, 0.3) is 0 Å². The number of carbonyl (C=O) groups excluding carboxylic acids is 2. The molecule has 194 valence electrons. The van der Waals surface area contributed by atoms with Crippen molar-refractivity contribution in [3.8, 4) is 0 Å². The standard InChI is InChI=1S/C29H54O4/c1-4-5-6-7-8-9-10-11-13-16-22-32-28(30)26-20-18-21-27(24-26)29(31)33-23-17-14-12-15-19-25(2)3/h25-27H,4-24H2,1-3H3. The van der Waals surface area contributed by atoms with Crippen LogP contribution in [0.3, 0.4) is 0 Å². The molecule has 4 nitrogen and oxygen atoms in total. The Morgan fingerprint density at radius 2 is 1.09 bits per heavy atom. The Kier molecular flexibility index (Phi) is 18.5. The third kappa shape index (κ3) is 16.2. The zero-order valence-corrected chi connectivity index (χ0v) is 22.2. The van der Waals surface area contributed by atoms with E-state index in [1.165, 1.54) is 70.6 Å². The van der Waals surface area contributed by atoms with Crippen LogP contribution in [0.4, 0.5) is 0 Å². The molecule has 0 spiro atoms. The lowest BCUT2D eigenvalue weighted by atomic mass is 9.81. The summed E-state index contributed by atoms with van der Waals surface area (Å²) in [5.41, 5.74) is 0. The van der Waals surface area contributed by atoms with E-state index in [4.69, 9.17) is 9.47 Å².